The number of rotatable bonds is 5. The van der Waals surface area contributed by atoms with E-state index < -0.39 is 3.79 Å². The predicted octanol–water partition coefficient (Wildman–Crippen LogP) is 4.25. The fraction of sp³-hybridized carbons (Fsp3) is 0.917. The van der Waals surface area contributed by atoms with Crippen LogP contribution in [0.25, 0.3) is 0 Å². The molecule has 1 rings (SSSR count). The first-order valence-electron chi connectivity index (χ1n) is 6.41. The predicted molar refractivity (Wildman–Crippen MR) is 82.5 cm³/mol. The van der Waals surface area contributed by atoms with Crippen LogP contribution in [0.2, 0.25) is 0 Å². The molecular formula is C12H21Cl3O2S. The van der Waals surface area contributed by atoms with Gasteiger partial charge in [-0.2, -0.15) is 0 Å². The maximum atomic E-state index is 11.4. The van der Waals surface area contributed by atoms with Crippen LogP contribution >= 0.6 is 45.7 Å². The average molecular weight is 336 g/mol. The summed E-state index contributed by atoms with van der Waals surface area (Å²) < 4.78 is 3.68. The number of esters is 1. The summed E-state index contributed by atoms with van der Waals surface area (Å²) in [6, 6.07) is 0. The monoisotopic (exact) mass is 334 g/mol. The number of carbonyl (C=O) groups is 1. The minimum Gasteiger partial charge on any atom is -0.466 e. The lowest BCUT2D eigenvalue weighted by atomic mass is 10.2. The molecule has 0 amide bonds. The molecule has 1 unspecified atom stereocenters. The summed E-state index contributed by atoms with van der Waals surface area (Å²) in [6.45, 7) is 2.21. The highest BCUT2D eigenvalue weighted by Gasteiger charge is 2.37. The minimum atomic E-state index is -1.25. The van der Waals surface area contributed by atoms with Crippen LogP contribution in [0.5, 0.6) is 0 Å². The number of alkyl halides is 3. The number of thiol groups is 1. The Kier molecular flexibility index (Phi) is 7.52. The summed E-state index contributed by atoms with van der Waals surface area (Å²) in [5.74, 6) is 2.14. The second kappa shape index (κ2) is 8.08. The molecule has 0 aromatic heterocycles. The van der Waals surface area contributed by atoms with Gasteiger partial charge in [0.25, 0.3) is 0 Å². The van der Waals surface area contributed by atoms with Crippen LogP contribution in [0.4, 0.5) is 0 Å². The Balaban J connectivity index is 2.53. The van der Waals surface area contributed by atoms with Gasteiger partial charge in [0.05, 0.1) is 6.61 Å². The van der Waals surface area contributed by atoms with Gasteiger partial charge in [-0.1, -0.05) is 41.2 Å². The zero-order valence-corrected chi connectivity index (χ0v) is 13.8. The maximum absolute atomic E-state index is 11.4. The molecule has 1 atom stereocenters. The first-order chi connectivity index (χ1) is 8.45. The number of hydrogen-bond acceptors (Lipinski definition) is 2. The Bertz CT molecular complexity index is 263. The van der Waals surface area contributed by atoms with Gasteiger partial charge in [-0.3, -0.25) is 4.79 Å². The van der Waals surface area contributed by atoms with Crippen LogP contribution in [0.1, 0.15) is 39.0 Å². The van der Waals surface area contributed by atoms with Gasteiger partial charge >= 0.3 is 5.97 Å². The third kappa shape index (κ3) is 5.77. The summed E-state index contributed by atoms with van der Waals surface area (Å²) in [5.41, 5.74) is 0. The highest BCUT2D eigenvalue weighted by atomic mass is 35.6. The standard InChI is InChI=1S/C12H21Cl3O2S/c1-2-17-11(16)7-6-10(12(13,14)15)18-8-4-3-5-9-18/h10,18H,2-9H2,1H3. The molecule has 0 aromatic rings. The van der Waals surface area contributed by atoms with Crippen molar-refractivity contribution < 1.29 is 9.53 Å². The van der Waals surface area contributed by atoms with Crippen LogP contribution in [0.3, 0.4) is 0 Å². The third-order valence-electron chi connectivity index (χ3n) is 3.14. The highest BCUT2D eigenvalue weighted by Crippen LogP contribution is 2.50. The van der Waals surface area contributed by atoms with E-state index in [9.17, 15) is 4.79 Å². The Morgan fingerprint density at radius 2 is 1.89 bits per heavy atom. The van der Waals surface area contributed by atoms with E-state index in [0.29, 0.717) is 19.4 Å². The fourth-order valence-electron chi connectivity index (χ4n) is 2.27. The normalized spacial score (nSPS) is 20.6. The minimum absolute atomic E-state index is 0.0159. The van der Waals surface area contributed by atoms with Crippen molar-refractivity contribution in [2.75, 3.05) is 18.1 Å². The second-order valence-electron chi connectivity index (χ2n) is 4.50. The molecule has 0 radical (unpaired) electrons. The van der Waals surface area contributed by atoms with E-state index in [1.54, 1.807) is 6.92 Å². The van der Waals surface area contributed by atoms with Crippen molar-refractivity contribution >= 4 is 51.7 Å². The highest BCUT2D eigenvalue weighted by molar-refractivity contribution is 8.17. The molecule has 1 aliphatic rings. The van der Waals surface area contributed by atoms with E-state index >= 15 is 0 Å². The smallest absolute Gasteiger partial charge is 0.305 e. The van der Waals surface area contributed by atoms with Crippen molar-refractivity contribution in [2.24, 2.45) is 0 Å². The fourth-order valence-corrected chi connectivity index (χ4v) is 6.86. The van der Waals surface area contributed by atoms with E-state index in [-0.39, 0.29) is 22.1 Å². The van der Waals surface area contributed by atoms with Crippen molar-refractivity contribution in [3.8, 4) is 0 Å². The summed E-state index contributed by atoms with van der Waals surface area (Å²) in [4.78, 5) is 11.4. The van der Waals surface area contributed by atoms with Gasteiger partial charge < -0.3 is 4.74 Å². The SMILES string of the molecule is CCOC(=O)CCC([SH]1CCCCC1)C(Cl)(Cl)Cl. The Morgan fingerprint density at radius 1 is 1.28 bits per heavy atom. The van der Waals surface area contributed by atoms with Crippen molar-refractivity contribution in [1.82, 2.24) is 0 Å². The molecular weight excluding hydrogens is 315 g/mol. The molecule has 1 aliphatic heterocycles. The van der Waals surface area contributed by atoms with E-state index in [0.717, 1.165) is 11.5 Å². The summed E-state index contributed by atoms with van der Waals surface area (Å²) >= 11 is 18.3. The zero-order chi connectivity index (χ0) is 13.6. The van der Waals surface area contributed by atoms with Crippen LogP contribution < -0.4 is 0 Å². The van der Waals surface area contributed by atoms with Crippen molar-refractivity contribution in [1.29, 1.82) is 0 Å². The number of hydrogen-bond donors (Lipinski definition) is 1. The van der Waals surface area contributed by atoms with Gasteiger partial charge in [0.1, 0.15) is 0 Å². The summed E-state index contributed by atoms with van der Waals surface area (Å²) in [7, 11) is -0.267. The quantitative estimate of drug-likeness (QED) is 0.462. The Hall–Kier alpha value is 0.690. The Labute approximate surface area is 127 Å². The lowest BCUT2D eigenvalue weighted by molar-refractivity contribution is -0.143. The summed E-state index contributed by atoms with van der Waals surface area (Å²) in [5, 5.41) is 0.0159. The van der Waals surface area contributed by atoms with Gasteiger partial charge in [-0.25, -0.2) is 10.9 Å². The maximum Gasteiger partial charge on any atom is 0.305 e. The van der Waals surface area contributed by atoms with Gasteiger partial charge in [0, 0.05) is 11.7 Å². The molecule has 108 valence electrons. The molecule has 1 heterocycles. The van der Waals surface area contributed by atoms with Crippen molar-refractivity contribution in [3.63, 3.8) is 0 Å². The molecule has 1 saturated heterocycles. The molecule has 0 aliphatic carbocycles. The van der Waals surface area contributed by atoms with Crippen LogP contribution in [-0.2, 0) is 9.53 Å². The molecule has 0 saturated carbocycles. The Morgan fingerprint density at radius 3 is 2.39 bits per heavy atom. The van der Waals surface area contributed by atoms with Crippen LogP contribution in [-0.4, -0.2) is 33.1 Å². The first-order valence-corrected chi connectivity index (χ1v) is 9.33. The number of halogens is 3. The van der Waals surface area contributed by atoms with Gasteiger partial charge in [0.15, 0.2) is 0 Å². The van der Waals surface area contributed by atoms with Gasteiger partial charge in [-0.15, -0.1) is 0 Å². The van der Waals surface area contributed by atoms with Crippen molar-refractivity contribution in [2.45, 2.75) is 48.1 Å². The van der Waals surface area contributed by atoms with Crippen LogP contribution in [0.15, 0.2) is 0 Å². The zero-order valence-electron chi connectivity index (χ0n) is 10.6. The second-order valence-corrected chi connectivity index (χ2v) is 9.56. The first kappa shape index (κ1) is 16.7. The molecule has 0 aromatic carbocycles. The molecule has 18 heavy (non-hydrogen) atoms. The van der Waals surface area contributed by atoms with E-state index in [4.69, 9.17) is 39.5 Å². The van der Waals surface area contributed by atoms with Crippen LogP contribution in [0, 0.1) is 0 Å². The topological polar surface area (TPSA) is 26.3 Å². The van der Waals surface area contributed by atoms with Gasteiger partial charge in [-0.05, 0) is 37.7 Å². The lowest BCUT2D eigenvalue weighted by Gasteiger charge is -2.38. The van der Waals surface area contributed by atoms with Crippen molar-refractivity contribution in [3.05, 3.63) is 0 Å². The van der Waals surface area contributed by atoms with Gasteiger partial charge in [0.2, 0.25) is 3.79 Å². The largest absolute Gasteiger partial charge is 0.466 e. The molecule has 0 spiro atoms. The van der Waals surface area contributed by atoms with E-state index in [2.05, 4.69) is 0 Å². The molecule has 0 N–H and O–H groups in total. The third-order valence-corrected chi connectivity index (χ3v) is 7.69. The van der Waals surface area contributed by atoms with E-state index in [1.165, 1.54) is 19.3 Å². The lowest BCUT2D eigenvalue weighted by Crippen LogP contribution is -2.30. The molecule has 6 heteroatoms. The number of carbonyl (C=O) groups excluding carboxylic acids is 1. The van der Waals surface area contributed by atoms with E-state index in [1.807, 2.05) is 0 Å². The summed E-state index contributed by atoms with van der Waals surface area (Å²) in [6.07, 6.45) is 4.71. The average Bonchev–Trinajstić information content (AvgIpc) is 2.29. The molecule has 0 bridgehead atoms. The molecule has 2 nitrogen and oxygen atoms in total. The molecule has 1 fully saturated rings. The number of ether oxygens (including phenoxy) is 1.